The van der Waals surface area contributed by atoms with E-state index in [1.165, 1.54) is 50.6 Å². The second-order valence-corrected chi connectivity index (χ2v) is 14.6. The first-order valence-electron chi connectivity index (χ1n) is 14.1. The van der Waals surface area contributed by atoms with Gasteiger partial charge in [0.2, 0.25) is 0 Å². The van der Waals surface area contributed by atoms with Crippen LogP contribution in [0.1, 0.15) is 79.6 Å². The molecular formula is C31H49N2Si+. The van der Waals surface area contributed by atoms with Crippen LogP contribution in [0, 0.1) is 23.7 Å². The van der Waals surface area contributed by atoms with Crippen molar-refractivity contribution in [1.29, 1.82) is 0 Å². The number of fused-ring (bicyclic) bond motifs is 4. The zero-order valence-corrected chi connectivity index (χ0v) is 24.3. The van der Waals surface area contributed by atoms with Gasteiger partial charge in [-0.25, -0.2) is 0 Å². The monoisotopic (exact) mass is 477 g/mol. The van der Waals surface area contributed by atoms with Crippen LogP contribution in [-0.2, 0) is 0 Å². The predicted molar refractivity (Wildman–Crippen MR) is 151 cm³/mol. The van der Waals surface area contributed by atoms with Gasteiger partial charge in [-0.2, -0.15) is 4.58 Å². The summed E-state index contributed by atoms with van der Waals surface area (Å²) < 4.78 is 2.80. The van der Waals surface area contributed by atoms with Crippen LogP contribution in [0.4, 0.5) is 0 Å². The van der Waals surface area contributed by atoms with Crippen LogP contribution in [0.5, 0.6) is 0 Å². The van der Waals surface area contributed by atoms with Gasteiger partial charge in [-0.15, -0.1) is 0 Å². The lowest BCUT2D eigenvalue weighted by Gasteiger charge is -2.33. The highest BCUT2D eigenvalue weighted by Crippen LogP contribution is 2.63. The summed E-state index contributed by atoms with van der Waals surface area (Å²) in [6.07, 6.45) is 21.2. The van der Waals surface area contributed by atoms with Crippen molar-refractivity contribution in [3.8, 4) is 0 Å². The molecule has 5 unspecified atom stereocenters. The largest absolute Gasteiger partial charge is 0.391 e. The number of nitrogens with zero attached hydrogens (tertiary/aromatic N) is 1. The predicted octanol–water partition coefficient (Wildman–Crippen LogP) is 7.32. The standard InChI is InChI=1S/C31H49N2Si/c1-9-14-21(4)30(32-6)29-28-25-17-13-12-16-24(25)26-19-23(18-22(11-3)15-10-2)27(34(7)8)20-33(26)31(28,29)5/h9,13-14,17,20-23,28,32,34H,10-12,15-16,18-19H2,1-8H3/q+1/b14-9-,30-29-. The van der Waals surface area contributed by atoms with Gasteiger partial charge >= 0.3 is 0 Å². The van der Waals surface area contributed by atoms with Gasteiger partial charge in [-0.1, -0.05) is 77.4 Å². The van der Waals surface area contributed by atoms with Crippen LogP contribution in [-0.4, -0.2) is 31.7 Å². The Labute approximate surface area is 211 Å². The van der Waals surface area contributed by atoms with Gasteiger partial charge < -0.3 is 5.32 Å². The maximum atomic E-state index is 3.65. The Morgan fingerprint density at radius 3 is 2.71 bits per heavy atom. The first-order chi connectivity index (χ1) is 16.3. The first kappa shape index (κ1) is 25.5. The van der Waals surface area contributed by atoms with Crippen molar-refractivity contribution in [3.63, 3.8) is 0 Å². The average molecular weight is 478 g/mol. The summed E-state index contributed by atoms with van der Waals surface area (Å²) in [6, 6.07) is 0. The SMILES string of the molecule is C/C=C\C(C)/C(NC)=C1\C2C3=C(CCC=C3)C3=[N+](C=C([SiH](C)C)C(CC(CC)CCC)C3)C12C. The van der Waals surface area contributed by atoms with E-state index in [9.17, 15) is 0 Å². The fourth-order valence-electron chi connectivity index (χ4n) is 7.44. The minimum absolute atomic E-state index is 0.0944. The molecule has 0 aromatic rings. The number of allylic oxidation sites excluding steroid dienone is 6. The van der Waals surface area contributed by atoms with Crippen molar-refractivity contribution in [2.45, 2.75) is 98.2 Å². The molecule has 2 heterocycles. The van der Waals surface area contributed by atoms with Gasteiger partial charge in [0, 0.05) is 43.2 Å². The lowest BCUT2D eigenvalue weighted by atomic mass is 9.79. The molecule has 1 N–H and O–H groups in total. The van der Waals surface area contributed by atoms with Crippen LogP contribution in [0.25, 0.3) is 0 Å². The third kappa shape index (κ3) is 4.16. The van der Waals surface area contributed by atoms with Gasteiger partial charge in [0.1, 0.15) is 0 Å². The van der Waals surface area contributed by atoms with Crippen LogP contribution in [0.15, 0.2) is 58.1 Å². The molecule has 1 fully saturated rings. The van der Waals surface area contributed by atoms with Gasteiger partial charge in [-0.05, 0) is 48.8 Å². The molecule has 4 aliphatic rings. The van der Waals surface area contributed by atoms with Crippen LogP contribution >= 0.6 is 0 Å². The first-order valence-corrected chi connectivity index (χ1v) is 17.0. The third-order valence-electron chi connectivity index (χ3n) is 9.21. The molecule has 0 saturated heterocycles. The molecule has 186 valence electrons. The van der Waals surface area contributed by atoms with Crippen molar-refractivity contribution in [1.82, 2.24) is 5.32 Å². The van der Waals surface area contributed by atoms with Gasteiger partial charge in [-0.3, -0.25) is 0 Å². The van der Waals surface area contributed by atoms with E-state index < -0.39 is 8.80 Å². The number of nitrogens with one attached hydrogen (secondary N) is 1. The molecular weight excluding hydrogens is 428 g/mol. The molecule has 0 amide bonds. The van der Waals surface area contributed by atoms with Crippen LogP contribution in [0.2, 0.25) is 13.1 Å². The maximum absolute atomic E-state index is 3.65. The fraction of sp³-hybridized carbons (Fsp3) is 0.645. The second-order valence-electron chi connectivity index (χ2n) is 11.6. The average Bonchev–Trinajstić information content (AvgIpc) is 3.45. The van der Waals surface area contributed by atoms with Gasteiger partial charge in [0.15, 0.2) is 17.5 Å². The molecule has 2 aliphatic heterocycles. The van der Waals surface area contributed by atoms with E-state index in [0.29, 0.717) is 11.8 Å². The van der Waals surface area contributed by atoms with E-state index in [4.69, 9.17) is 0 Å². The Morgan fingerprint density at radius 1 is 1.32 bits per heavy atom. The van der Waals surface area contributed by atoms with E-state index in [0.717, 1.165) is 11.8 Å². The summed E-state index contributed by atoms with van der Waals surface area (Å²) >= 11 is 0. The second kappa shape index (κ2) is 10.2. The van der Waals surface area contributed by atoms with Crippen molar-refractivity contribution >= 4 is 14.5 Å². The molecule has 4 rings (SSSR count). The number of rotatable bonds is 9. The summed E-state index contributed by atoms with van der Waals surface area (Å²) in [5.74, 6) is 2.58. The Bertz CT molecular complexity index is 989. The summed E-state index contributed by atoms with van der Waals surface area (Å²) in [5.41, 5.74) is 8.14. The highest BCUT2D eigenvalue weighted by molar-refractivity contribution is 6.64. The minimum atomic E-state index is -0.894. The summed E-state index contributed by atoms with van der Waals surface area (Å²) in [7, 11) is 1.23. The highest BCUT2D eigenvalue weighted by Gasteiger charge is 2.71. The summed E-state index contributed by atoms with van der Waals surface area (Å²) in [4.78, 5) is 0. The van der Waals surface area contributed by atoms with Crippen molar-refractivity contribution in [2.24, 2.45) is 23.7 Å². The Hall–Kier alpha value is -1.61. The minimum Gasteiger partial charge on any atom is -0.391 e. The lowest BCUT2D eigenvalue weighted by molar-refractivity contribution is -0.515. The quantitative estimate of drug-likeness (QED) is 0.209. The fourth-order valence-corrected chi connectivity index (χ4v) is 9.09. The van der Waals surface area contributed by atoms with E-state index >= 15 is 0 Å². The molecule has 34 heavy (non-hydrogen) atoms. The molecule has 0 aromatic heterocycles. The maximum Gasteiger partial charge on any atom is 0.200 e. The zero-order chi connectivity index (χ0) is 24.6. The molecule has 1 saturated carbocycles. The van der Waals surface area contributed by atoms with Crippen molar-refractivity contribution in [2.75, 3.05) is 7.05 Å². The summed E-state index contributed by atoms with van der Waals surface area (Å²) in [5, 5.41) is 5.47. The summed E-state index contributed by atoms with van der Waals surface area (Å²) in [6.45, 7) is 16.9. The molecule has 2 aliphatic carbocycles. The van der Waals surface area contributed by atoms with E-state index in [1.54, 1.807) is 22.4 Å². The number of hydrogen-bond acceptors (Lipinski definition) is 1. The van der Waals surface area contributed by atoms with Crippen molar-refractivity contribution < 1.29 is 4.58 Å². The van der Waals surface area contributed by atoms with Crippen molar-refractivity contribution in [3.05, 3.63) is 58.1 Å². The molecule has 0 bridgehead atoms. The van der Waals surface area contributed by atoms with Gasteiger partial charge in [0.05, 0.1) is 14.7 Å². The molecule has 3 heteroatoms. The molecule has 0 spiro atoms. The number of hydrogen-bond donors (Lipinski definition) is 1. The topological polar surface area (TPSA) is 15.0 Å². The Morgan fingerprint density at radius 2 is 2.09 bits per heavy atom. The van der Waals surface area contributed by atoms with Crippen LogP contribution < -0.4 is 5.32 Å². The Balaban J connectivity index is 1.84. The lowest BCUT2D eigenvalue weighted by Crippen LogP contribution is -2.41. The highest BCUT2D eigenvalue weighted by atomic mass is 28.3. The smallest absolute Gasteiger partial charge is 0.200 e. The Kier molecular flexibility index (Phi) is 7.62. The normalized spacial score (nSPS) is 31.3. The molecule has 0 aromatic carbocycles. The zero-order valence-electron chi connectivity index (χ0n) is 23.2. The molecule has 5 atom stereocenters. The van der Waals surface area contributed by atoms with Gasteiger partial charge in [0.25, 0.3) is 0 Å². The molecule has 2 nitrogen and oxygen atoms in total. The van der Waals surface area contributed by atoms with Crippen LogP contribution in [0.3, 0.4) is 0 Å². The van der Waals surface area contributed by atoms with E-state index in [2.05, 4.69) is 95.2 Å². The third-order valence-corrected chi connectivity index (χ3v) is 11.2. The molecule has 0 radical (unpaired) electrons. The van der Waals surface area contributed by atoms with E-state index in [1.807, 2.05) is 5.20 Å². The van der Waals surface area contributed by atoms with E-state index in [-0.39, 0.29) is 5.54 Å².